The fraction of sp³-hybridized carbons (Fsp3) is 0.250. The molecule has 2 aliphatic rings. The van der Waals surface area contributed by atoms with Crippen LogP contribution in [-0.2, 0) is 14.4 Å². The number of imide groups is 1. The second-order valence-corrected chi connectivity index (χ2v) is 7.59. The van der Waals surface area contributed by atoms with E-state index in [0.717, 1.165) is 10.5 Å². The van der Waals surface area contributed by atoms with Crippen molar-refractivity contribution >= 4 is 40.9 Å². The Bertz CT molecular complexity index is 928. The maximum Gasteiger partial charge on any atom is 0.258 e. The van der Waals surface area contributed by atoms with E-state index < -0.39 is 17.2 Å². The SMILES string of the molecule is COc1ccccc1N1C(=O)[C@@H]2[C@@H](SCC(=O)N2c2ccc(C)cc2)C1=O. The minimum Gasteiger partial charge on any atom is -0.495 e. The molecule has 2 aromatic carbocycles. The molecule has 3 amide bonds. The fourth-order valence-corrected chi connectivity index (χ4v) is 4.62. The van der Waals surface area contributed by atoms with Gasteiger partial charge in [-0.15, -0.1) is 11.8 Å². The van der Waals surface area contributed by atoms with Crippen LogP contribution in [0.3, 0.4) is 0 Å². The predicted octanol–water partition coefficient (Wildman–Crippen LogP) is 2.39. The highest BCUT2D eigenvalue weighted by atomic mass is 32.2. The standard InChI is InChI=1S/C20H18N2O4S/c1-12-7-9-13(10-8-12)21-16(23)11-27-18-17(21)19(24)22(20(18)25)14-5-3-4-6-15(14)26-2/h3-10,17-18H,11H2,1-2H3/t17-,18+/m0/s1. The molecule has 2 aromatic rings. The van der Waals surface area contributed by atoms with Gasteiger partial charge >= 0.3 is 0 Å². The normalized spacial score (nSPS) is 22.2. The molecular weight excluding hydrogens is 364 g/mol. The highest BCUT2D eigenvalue weighted by Crippen LogP contribution is 2.40. The number of aryl methyl sites for hydroxylation is 1. The summed E-state index contributed by atoms with van der Waals surface area (Å²) in [6, 6.07) is 13.4. The van der Waals surface area contributed by atoms with E-state index in [9.17, 15) is 14.4 Å². The van der Waals surface area contributed by atoms with Crippen LogP contribution in [0.15, 0.2) is 48.5 Å². The molecule has 2 saturated heterocycles. The molecule has 2 aliphatic heterocycles. The van der Waals surface area contributed by atoms with E-state index in [0.29, 0.717) is 17.1 Å². The number of amides is 3. The molecule has 7 heteroatoms. The third-order valence-corrected chi connectivity index (χ3v) is 6.03. The van der Waals surface area contributed by atoms with Crippen LogP contribution in [0.4, 0.5) is 11.4 Å². The van der Waals surface area contributed by atoms with Crippen molar-refractivity contribution in [2.24, 2.45) is 0 Å². The smallest absolute Gasteiger partial charge is 0.258 e. The molecule has 0 saturated carbocycles. The zero-order chi connectivity index (χ0) is 19.1. The number of thioether (sulfide) groups is 1. The highest BCUT2D eigenvalue weighted by Gasteiger charge is 2.55. The van der Waals surface area contributed by atoms with E-state index >= 15 is 0 Å². The van der Waals surface area contributed by atoms with Crippen LogP contribution < -0.4 is 14.5 Å². The number of para-hydroxylation sites is 2. The van der Waals surface area contributed by atoms with Gasteiger partial charge in [0.25, 0.3) is 5.91 Å². The Kier molecular flexibility index (Phi) is 4.39. The van der Waals surface area contributed by atoms with Crippen LogP contribution in [0.5, 0.6) is 5.75 Å². The second kappa shape index (κ2) is 6.74. The lowest BCUT2D eigenvalue weighted by atomic mass is 10.1. The Morgan fingerprint density at radius 2 is 1.70 bits per heavy atom. The van der Waals surface area contributed by atoms with Crippen LogP contribution in [0.2, 0.25) is 0 Å². The summed E-state index contributed by atoms with van der Waals surface area (Å²) in [6.07, 6.45) is 0. The summed E-state index contributed by atoms with van der Waals surface area (Å²) in [6.45, 7) is 1.95. The molecule has 0 N–H and O–H groups in total. The number of hydrogen-bond acceptors (Lipinski definition) is 5. The van der Waals surface area contributed by atoms with Crippen LogP contribution in [0.1, 0.15) is 5.56 Å². The highest BCUT2D eigenvalue weighted by molar-refractivity contribution is 8.01. The van der Waals surface area contributed by atoms with E-state index in [1.54, 1.807) is 24.3 Å². The van der Waals surface area contributed by atoms with Crippen molar-refractivity contribution in [3.63, 3.8) is 0 Å². The number of anilines is 2. The minimum absolute atomic E-state index is 0.161. The first-order valence-electron chi connectivity index (χ1n) is 8.54. The lowest BCUT2D eigenvalue weighted by molar-refractivity contribution is -0.123. The first-order valence-corrected chi connectivity index (χ1v) is 9.59. The van der Waals surface area contributed by atoms with Gasteiger partial charge < -0.3 is 4.74 Å². The van der Waals surface area contributed by atoms with Gasteiger partial charge in [-0.2, -0.15) is 0 Å². The zero-order valence-electron chi connectivity index (χ0n) is 14.9. The maximum absolute atomic E-state index is 13.3. The van der Waals surface area contributed by atoms with Crippen molar-refractivity contribution in [3.8, 4) is 5.75 Å². The van der Waals surface area contributed by atoms with Crippen molar-refractivity contribution in [2.45, 2.75) is 18.2 Å². The molecule has 27 heavy (non-hydrogen) atoms. The Morgan fingerprint density at radius 3 is 2.41 bits per heavy atom. The number of rotatable bonds is 3. The average molecular weight is 382 g/mol. The molecule has 138 valence electrons. The molecule has 0 bridgehead atoms. The maximum atomic E-state index is 13.3. The van der Waals surface area contributed by atoms with Gasteiger partial charge in [0, 0.05) is 5.69 Å². The van der Waals surface area contributed by atoms with E-state index in [2.05, 4.69) is 0 Å². The molecule has 2 heterocycles. The van der Waals surface area contributed by atoms with Crippen molar-refractivity contribution in [1.29, 1.82) is 0 Å². The van der Waals surface area contributed by atoms with Gasteiger partial charge in [-0.1, -0.05) is 29.8 Å². The lowest BCUT2D eigenvalue weighted by Gasteiger charge is -2.34. The fourth-order valence-electron chi connectivity index (χ4n) is 3.49. The molecule has 2 fully saturated rings. The number of hydrogen-bond donors (Lipinski definition) is 0. The molecule has 0 spiro atoms. The van der Waals surface area contributed by atoms with Gasteiger partial charge in [0.05, 0.1) is 18.6 Å². The summed E-state index contributed by atoms with van der Waals surface area (Å²) in [7, 11) is 1.49. The molecule has 6 nitrogen and oxygen atoms in total. The largest absolute Gasteiger partial charge is 0.495 e. The Labute approximate surface area is 161 Å². The molecule has 0 unspecified atom stereocenters. The molecular formula is C20H18N2O4S. The van der Waals surface area contributed by atoms with E-state index in [4.69, 9.17) is 4.74 Å². The summed E-state index contributed by atoms with van der Waals surface area (Å²) in [5, 5.41) is -0.624. The van der Waals surface area contributed by atoms with Gasteiger partial charge in [-0.05, 0) is 31.2 Å². The summed E-state index contributed by atoms with van der Waals surface area (Å²) < 4.78 is 5.32. The van der Waals surface area contributed by atoms with Crippen LogP contribution in [0, 0.1) is 6.92 Å². The van der Waals surface area contributed by atoms with Crippen LogP contribution in [0.25, 0.3) is 0 Å². The zero-order valence-corrected chi connectivity index (χ0v) is 15.7. The van der Waals surface area contributed by atoms with Gasteiger partial charge in [0.2, 0.25) is 11.8 Å². The van der Waals surface area contributed by atoms with E-state index in [1.807, 2.05) is 31.2 Å². The Morgan fingerprint density at radius 1 is 1.00 bits per heavy atom. The minimum atomic E-state index is -0.851. The third-order valence-electron chi connectivity index (χ3n) is 4.80. The topological polar surface area (TPSA) is 66.9 Å². The first kappa shape index (κ1) is 17.6. The number of carbonyl (C=O) groups excluding carboxylic acids is 3. The number of benzene rings is 2. The molecule has 0 aromatic heterocycles. The van der Waals surface area contributed by atoms with Crippen LogP contribution >= 0.6 is 11.8 Å². The average Bonchev–Trinajstić information content (AvgIpc) is 2.93. The molecule has 0 aliphatic carbocycles. The third kappa shape index (κ3) is 2.78. The molecule has 4 rings (SSSR count). The van der Waals surface area contributed by atoms with Crippen molar-refractivity contribution in [3.05, 3.63) is 54.1 Å². The summed E-state index contributed by atoms with van der Waals surface area (Å²) in [5.74, 6) is -0.294. The van der Waals surface area contributed by atoms with Gasteiger partial charge in [-0.3, -0.25) is 19.3 Å². The second-order valence-electron chi connectivity index (χ2n) is 6.46. The lowest BCUT2D eigenvalue weighted by Crippen LogP contribution is -2.53. The molecule has 0 radical (unpaired) electrons. The number of nitrogens with zero attached hydrogens (tertiary/aromatic N) is 2. The Balaban J connectivity index is 1.77. The van der Waals surface area contributed by atoms with Gasteiger partial charge in [0.1, 0.15) is 17.0 Å². The van der Waals surface area contributed by atoms with Gasteiger partial charge in [-0.25, -0.2) is 4.90 Å². The van der Waals surface area contributed by atoms with Crippen LogP contribution in [-0.4, -0.2) is 41.9 Å². The van der Waals surface area contributed by atoms with Crippen molar-refractivity contribution in [1.82, 2.24) is 0 Å². The number of ether oxygens (including phenoxy) is 1. The Hall–Kier alpha value is -2.80. The monoisotopic (exact) mass is 382 g/mol. The predicted molar refractivity (Wildman–Crippen MR) is 104 cm³/mol. The number of carbonyl (C=O) groups is 3. The molecule has 2 atom stereocenters. The first-order chi connectivity index (χ1) is 13.0. The van der Waals surface area contributed by atoms with E-state index in [-0.39, 0.29) is 17.6 Å². The van der Waals surface area contributed by atoms with E-state index in [1.165, 1.54) is 23.8 Å². The van der Waals surface area contributed by atoms with Gasteiger partial charge in [0.15, 0.2) is 0 Å². The van der Waals surface area contributed by atoms with Crippen molar-refractivity contribution in [2.75, 3.05) is 22.7 Å². The van der Waals surface area contributed by atoms with Crippen molar-refractivity contribution < 1.29 is 19.1 Å². The summed E-state index contributed by atoms with van der Waals surface area (Å²) in [4.78, 5) is 41.6. The number of methoxy groups -OCH3 is 1. The summed E-state index contributed by atoms with van der Waals surface area (Å²) >= 11 is 1.22. The summed E-state index contributed by atoms with van der Waals surface area (Å²) in [5.41, 5.74) is 2.09. The quantitative estimate of drug-likeness (QED) is 0.763. The number of fused-ring (bicyclic) bond motifs is 1.